The van der Waals surface area contributed by atoms with Gasteiger partial charge in [0.15, 0.2) is 0 Å². The monoisotopic (exact) mass is 777 g/mol. The van der Waals surface area contributed by atoms with Crippen molar-refractivity contribution in [2.45, 2.75) is 78.6 Å². The summed E-state index contributed by atoms with van der Waals surface area (Å²) in [4.78, 5) is 11.0. The first kappa shape index (κ1) is 44.0. The van der Waals surface area contributed by atoms with E-state index in [4.69, 9.17) is 14.2 Å². The molecule has 0 saturated heterocycles. The number of nitrogens with zero attached hydrogens (tertiary/aromatic N) is 3. The fraction of sp³-hybridized carbons (Fsp3) is 0.312. The predicted molar refractivity (Wildman–Crippen MR) is 221 cm³/mol. The highest BCUT2D eigenvalue weighted by molar-refractivity contribution is 5.30. The average Bonchev–Trinajstić information content (AvgIpc) is 3.24. The summed E-state index contributed by atoms with van der Waals surface area (Å²) in [6.07, 6.45) is 13.4. The van der Waals surface area contributed by atoms with Crippen LogP contribution in [0.2, 0.25) is 0 Å². The lowest BCUT2D eigenvalue weighted by Crippen LogP contribution is -1.97. The second kappa shape index (κ2) is 25.5. The summed E-state index contributed by atoms with van der Waals surface area (Å²) in [5.41, 5.74) is 6.88. The Hall–Kier alpha value is -5.70. The zero-order chi connectivity index (χ0) is 40.5. The topological polar surface area (TPSA) is 66.4 Å². The Morgan fingerprint density at radius 1 is 0.368 bits per heavy atom. The summed E-state index contributed by atoms with van der Waals surface area (Å²) in [5, 5.41) is 0. The highest BCUT2D eigenvalue weighted by Gasteiger charge is 2.02. The van der Waals surface area contributed by atoms with Crippen molar-refractivity contribution in [2.24, 2.45) is 0 Å². The Balaban J connectivity index is 0.000000190. The van der Waals surface area contributed by atoms with E-state index < -0.39 is 17.8 Å². The third-order valence-corrected chi connectivity index (χ3v) is 8.79. The SMILES string of the molecule is CCCCOc1ccc(CCc2ccc(F)nc2)cc1.CCCOc1ccc(CCc2ccc(F)nc2)cc1.CCOc1ccc(CCc2ccc(F)nc2)cc1. The molecule has 3 aromatic carbocycles. The zero-order valence-electron chi connectivity index (χ0n) is 33.3. The largest absolute Gasteiger partial charge is 0.494 e. The predicted octanol–water partition coefficient (Wildman–Crippen LogP) is 11.4. The second-order valence-electron chi connectivity index (χ2n) is 13.4. The summed E-state index contributed by atoms with van der Waals surface area (Å²) in [5.74, 6) is 1.44. The van der Waals surface area contributed by atoms with E-state index in [1.165, 1.54) is 34.9 Å². The minimum absolute atomic E-state index is 0.428. The number of hydrogen-bond acceptors (Lipinski definition) is 6. The Morgan fingerprint density at radius 3 is 0.982 bits per heavy atom. The Bertz CT molecular complexity index is 1940. The molecule has 0 radical (unpaired) electrons. The lowest BCUT2D eigenvalue weighted by atomic mass is 10.1. The normalized spacial score (nSPS) is 10.4. The van der Waals surface area contributed by atoms with Crippen LogP contribution in [0.4, 0.5) is 13.2 Å². The molecular formula is C48H54F3N3O3. The number of ether oxygens (including phenoxy) is 3. The van der Waals surface area contributed by atoms with Gasteiger partial charge < -0.3 is 14.2 Å². The van der Waals surface area contributed by atoms with E-state index in [9.17, 15) is 13.2 Å². The summed E-state index contributed by atoms with van der Waals surface area (Å²) < 4.78 is 54.6. The van der Waals surface area contributed by atoms with Gasteiger partial charge in [-0.3, -0.25) is 0 Å². The number of hydrogen-bond donors (Lipinski definition) is 0. The Labute approximate surface area is 336 Å². The van der Waals surface area contributed by atoms with Crippen molar-refractivity contribution in [3.8, 4) is 17.2 Å². The molecular weight excluding hydrogens is 724 g/mol. The quantitative estimate of drug-likeness (QED) is 0.0640. The van der Waals surface area contributed by atoms with Gasteiger partial charge in [-0.2, -0.15) is 13.2 Å². The molecule has 0 unspecified atom stereocenters. The molecule has 0 atom stereocenters. The fourth-order valence-electron chi connectivity index (χ4n) is 5.51. The van der Waals surface area contributed by atoms with E-state index in [0.717, 1.165) is 105 Å². The van der Waals surface area contributed by atoms with Gasteiger partial charge in [0, 0.05) is 18.6 Å². The van der Waals surface area contributed by atoms with Crippen LogP contribution < -0.4 is 14.2 Å². The molecule has 6 nitrogen and oxygen atoms in total. The first-order chi connectivity index (χ1) is 27.8. The lowest BCUT2D eigenvalue weighted by molar-refractivity contribution is 0.309. The highest BCUT2D eigenvalue weighted by atomic mass is 19.1. The van der Waals surface area contributed by atoms with Crippen LogP contribution in [0, 0.1) is 17.8 Å². The molecule has 0 N–H and O–H groups in total. The maximum atomic E-state index is 12.7. The number of pyridine rings is 3. The molecule has 0 bridgehead atoms. The van der Waals surface area contributed by atoms with Gasteiger partial charge in [-0.1, -0.05) is 74.9 Å². The molecule has 6 aromatic rings. The number of aromatic nitrogens is 3. The second-order valence-corrected chi connectivity index (χ2v) is 13.4. The van der Waals surface area contributed by atoms with E-state index in [0.29, 0.717) is 6.61 Å². The van der Waals surface area contributed by atoms with Crippen LogP contribution in [0.3, 0.4) is 0 Å². The smallest absolute Gasteiger partial charge is 0.212 e. The number of rotatable bonds is 18. The summed E-state index contributed by atoms with van der Waals surface area (Å²) in [7, 11) is 0. The van der Waals surface area contributed by atoms with E-state index in [2.05, 4.69) is 65.2 Å². The van der Waals surface area contributed by atoms with E-state index in [1.54, 1.807) is 36.8 Å². The molecule has 3 heterocycles. The van der Waals surface area contributed by atoms with Crippen molar-refractivity contribution in [3.05, 3.63) is 179 Å². The molecule has 0 saturated carbocycles. The van der Waals surface area contributed by atoms with Gasteiger partial charge in [0.1, 0.15) is 17.2 Å². The molecule has 0 amide bonds. The van der Waals surface area contributed by atoms with Crippen molar-refractivity contribution in [1.29, 1.82) is 0 Å². The number of halogens is 3. The van der Waals surface area contributed by atoms with E-state index in [1.807, 2.05) is 43.3 Å². The highest BCUT2D eigenvalue weighted by Crippen LogP contribution is 2.17. The molecule has 6 rings (SSSR count). The zero-order valence-corrected chi connectivity index (χ0v) is 33.3. The summed E-state index contributed by atoms with van der Waals surface area (Å²) in [6, 6.07) is 33.9. The molecule has 57 heavy (non-hydrogen) atoms. The van der Waals surface area contributed by atoms with E-state index in [-0.39, 0.29) is 0 Å². The van der Waals surface area contributed by atoms with Crippen LogP contribution >= 0.6 is 0 Å². The molecule has 0 aliphatic heterocycles. The van der Waals surface area contributed by atoms with Crippen LogP contribution in [0.1, 0.15) is 73.4 Å². The maximum Gasteiger partial charge on any atom is 0.212 e. The van der Waals surface area contributed by atoms with Crippen LogP contribution in [-0.2, 0) is 38.5 Å². The molecule has 0 fully saturated rings. The van der Waals surface area contributed by atoms with Gasteiger partial charge in [-0.05, 0) is 146 Å². The van der Waals surface area contributed by atoms with Crippen molar-refractivity contribution in [2.75, 3.05) is 19.8 Å². The summed E-state index contributed by atoms with van der Waals surface area (Å²) >= 11 is 0. The lowest BCUT2D eigenvalue weighted by Gasteiger charge is -2.06. The number of aryl methyl sites for hydroxylation is 6. The standard InChI is InChI=1S/C17H20FNO.C16H18FNO.C15H16FNO/c1-2-3-12-20-16-9-6-14(7-10-16)4-5-15-8-11-17(18)19-13-15;1-2-11-19-15-8-5-13(6-9-15)3-4-14-7-10-16(17)18-12-14;1-2-18-14-8-5-12(6-9-14)3-4-13-7-10-15(16)17-11-13/h6-11,13H,2-5,12H2,1H3;5-10,12H,2-4,11H2,1H3;5-11H,2-4H2,1H3. The van der Waals surface area contributed by atoms with Crippen molar-refractivity contribution < 1.29 is 27.4 Å². The minimum Gasteiger partial charge on any atom is -0.494 e. The van der Waals surface area contributed by atoms with Crippen LogP contribution in [0.5, 0.6) is 17.2 Å². The molecule has 0 aliphatic carbocycles. The van der Waals surface area contributed by atoms with Crippen LogP contribution in [0.25, 0.3) is 0 Å². The Morgan fingerprint density at radius 2 is 0.684 bits per heavy atom. The molecule has 0 aliphatic rings. The van der Waals surface area contributed by atoms with Crippen LogP contribution in [-0.4, -0.2) is 34.8 Å². The van der Waals surface area contributed by atoms with Gasteiger partial charge in [-0.25, -0.2) is 15.0 Å². The van der Waals surface area contributed by atoms with Gasteiger partial charge in [0.2, 0.25) is 17.8 Å². The maximum absolute atomic E-state index is 12.7. The number of benzene rings is 3. The molecule has 9 heteroatoms. The Kier molecular flexibility index (Phi) is 19.7. The summed E-state index contributed by atoms with van der Waals surface area (Å²) in [6.45, 7) is 8.41. The third-order valence-electron chi connectivity index (χ3n) is 8.79. The first-order valence-corrected chi connectivity index (χ1v) is 19.8. The molecule has 0 spiro atoms. The van der Waals surface area contributed by atoms with Crippen molar-refractivity contribution >= 4 is 0 Å². The molecule has 300 valence electrons. The van der Waals surface area contributed by atoms with Gasteiger partial charge in [-0.15, -0.1) is 0 Å². The number of unbranched alkanes of at least 4 members (excludes halogenated alkanes) is 1. The van der Waals surface area contributed by atoms with E-state index >= 15 is 0 Å². The van der Waals surface area contributed by atoms with Gasteiger partial charge in [0.25, 0.3) is 0 Å². The average molecular weight is 778 g/mol. The van der Waals surface area contributed by atoms with Gasteiger partial charge >= 0.3 is 0 Å². The van der Waals surface area contributed by atoms with Gasteiger partial charge in [0.05, 0.1) is 19.8 Å². The third kappa shape index (κ3) is 17.8. The fourth-order valence-corrected chi connectivity index (χ4v) is 5.51. The van der Waals surface area contributed by atoms with Crippen LogP contribution in [0.15, 0.2) is 128 Å². The first-order valence-electron chi connectivity index (χ1n) is 19.8. The van der Waals surface area contributed by atoms with Crippen molar-refractivity contribution in [3.63, 3.8) is 0 Å². The molecule has 3 aromatic heterocycles. The van der Waals surface area contributed by atoms with Crippen molar-refractivity contribution in [1.82, 2.24) is 15.0 Å². The minimum atomic E-state index is -0.431.